The third kappa shape index (κ3) is 3.67. The van der Waals surface area contributed by atoms with Gasteiger partial charge in [-0.25, -0.2) is 0 Å². The zero-order valence-corrected chi connectivity index (χ0v) is 17.1. The Hall–Kier alpha value is -2.67. The molecule has 0 radical (unpaired) electrons. The third-order valence-corrected chi connectivity index (χ3v) is 6.11. The Labute approximate surface area is 168 Å². The molecule has 0 N–H and O–H groups in total. The van der Waals surface area contributed by atoms with E-state index in [2.05, 4.69) is 46.7 Å². The molecule has 4 rings (SSSR count). The highest BCUT2D eigenvalue weighted by Gasteiger charge is 2.27. The van der Waals surface area contributed by atoms with E-state index in [9.17, 15) is 4.79 Å². The summed E-state index contributed by atoms with van der Waals surface area (Å²) in [6, 6.07) is 14.5. The first-order valence-corrected chi connectivity index (χ1v) is 10.3. The quantitative estimate of drug-likeness (QED) is 0.636. The number of amides is 1. The van der Waals surface area contributed by atoms with Gasteiger partial charge in [-0.3, -0.25) is 4.79 Å². The molecule has 0 bridgehead atoms. The summed E-state index contributed by atoms with van der Waals surface area (Å²) in [7, 11) is 0. The van der Waals surface area contributed by atoms with Crippen LogP contribution in [0.3, 0.4) is 0 Å². The van der Waals surface area contributed by atoms with Crippen molar-refractivity contribution in [1.29, 1.82) is 0 Å². The molecule has 0 saturated heterocycles. The molecule has 1 aliphatic rings. The zero-order valence-electron chi connectivity index (χ0n) is 16.3. The van der Waals surface area contributed by atoms with Gasteiger partial charge in [-0.05, 0) is 60.4 Å². The smallest absolute Gasteiger partial charge is 0.236 e. The maximum Gasteiger partial charge on any atom is 0.236 e. The third-order valence-electron chi connectivity index (χ3n) is 5.09. The number of benzene rings is 2. The van der Waals surface area contributed by atoms with Crippen molar-refractivity contribution in [3.05, 3.63) is 64.7 Å². The van der Waals surface area contributed by atoms with Crippen LogP contribution >= 0.6 is 11.8 Å². The summed E-state index contributed by atoms with van der Waals surface area (Å²) in [5.74, 6) is 0.120. The van der Waals surface area contributed by atoms with Gasteiger partial charge in [0.2, 0.25) is 11.1 Å². The number of carbonyl (C=O) groups is 1. The van der Waals surface area contributed by atoms with Gasteiger partial charge in [-0.15, -0.1) is 5.10 Å². The maximum absolute atomic E-state index is 13.0. The van der Waals surface area contributed by atoms with Crippen molar-refractivity contribution in [2.45, 2.75) is 44.1 Å². The molecule has 7 heteroatoms. The Morgan fingerprint density at radius 1 is 1.14 bits per heavy atom. The number of carbonyl (C=O) groups excluding carboxylic acids is 1. The largest absolute Gasteiger partial charge is 0.337 e. The van der Waals surface area contributed by atoms with Crippen LogP contribution in [0.1, 0.15) is 29.2 Å². The summed E-state index contributed by atoms with van der Waals surface area (Å²) in [4.78, 5) is 15.0. The Balaban J connectivity index is 1.50. The minimum absolute atomic E-state index is 0.120. The molecule has 0 saturated carbocycles. The van der Waals surface area contributed by atoms with Crippen molar-refractivity contribution in [1.82, 2.24) is 25.1 Å². The van der Waals surface area contributed by atoms with E-state index in [0.29, 0.717) is 11.7 Å². The lowest BCUT2D eigenvalue weighted by molar-refractivity contribution is -0.131. The topological polar surface area (TPSA) is 63.9 Å². The first-order chi connectivity index (χ1) is 13.5. The second-order valence-corrected chi connectivity index (χ2v) is 8.51. The summed E-state index contributed by atoms with van der Waals surface area (Å²) >= 11 is 1.40. The summed E-state index contributed by atoms with van der Waals surface area (Å²) in [5.41, 5.74) is 5.80. The Kier molecular flexibility index (Phi) is 5.17. The molecule has 28 heavy (non-hydrogen) atoms. The number of tetrazole rings is 1. The van der Waals surface area contributed by atoms with Gasteiger partial charge >= 0.3 is 0 Å². The molecule has 2 aromatic carbocycles. The van der Waals surface area contributed by atoms with E-state index in [1.54, 1.807) is 4.68 Å². The molecule has 1 atom stereocenters. The zero-order chi connectivity index (χ0) is 19.7. The predicted octanol–water partition coefficient (Wildman–Crippen LogP) is 3.34. The van der Waals surface area contributed by atoms with E-state index in [1.807, 2.05) is 36.9 Å². The van der Waals surface area contributed by atoms with Gasteiger partial charge in [0, 0.05) is 13.1 Å². The van der Waals surface area contributed by atoms with Gasteiger partial charge in [-0.2, -0.15) is 4.68 Å². The second-order valence-electron chi connectivity index (χ2n) is 7.20. The van der Waals surface area contributed by atoms with Crippen molar-refractivity contribution in [3.63, 3.8) is 0 Å². The molecule has 6 nitrogen and oxygen atoms in total. The van der Waals surface area contributed by atoms with Crippen LogP contribution in [-0.4, -0.2) is 42.8 Å². The summed E-state index contributed by atoms with van der Waals surface area (Å²) in [6.07, 6.45) is 0.902. The molecule has 1 amide bonds. The fourth-order valence-corrected chi connectivity index (χ4v) is 4.48. The number of aromatic nitrogens is 4. The fourth-order valence-electron chi connectivity index (χ4n) is 3.60. The van der Waals surface area contributed by atoms with Crippen LogP contribution in [-0.2, 0) is 17.8 Å². The average Bonchev–Trinajstić information content (AvgIpc) is 3.14. The Morgan fingerprint density at radius 2 is 1.93 bits per heavy atom. The normalized spacial score (nSPS) is 14.6. The number of hydrogen-bond donors (Lipinski definition) is 0. The van der Waals surface area contributed by atoms with Gasteiger partial charge in [-0.1, -0.05) is 53.7 Å². The monoisotopic (exact) mass is 393 g/mol. The van der Waals surface area contributed by atoms with Crippen molar-refractivity contribution in [2.75, 3.05) is 6.54 Å². The summed E-state index contributed by atoms with van der Waals surface area (Å²) < 4.78 is 1.72. The van der Waals surface area contributed by atoms with Crippen LogP contribution < -0.4 is 0 Å². The van der Waals surface area contributed by atoms with Gasteiger partial charge in [0.25, 0.3) is 0 Å². The molecule has 0 fully saturated rings. The van der Waals surface area contributed by atoms with Gasteiger partial charge in [0.05, 0.1) is 10.9 Å². The van der Waals surface area contributed by atoms with E-state index in [0.717, 1.165) is 24.2 Å². The van der Waals surface area contributed by atoms with Crippen LogP contribution in [0, 0.1) is 13.8 Å². The minimum atomic E-state index is -0.263. The molecule has 0 unspecified atom stereocenters. The minimum Gasteiger partial charge on any atom is -0.337 e. The van der Waals surface area contributed by atoms with Crippen LogP contribution in [0.25, 0.3) is 5.69 Å². The highest BCUT2D eigenvalue weighted by atomic mass is 32.2. The highest BCUT2D eigenvalue weighted by Crippen LogP contribution is 2.27. The molecule has 1 aliphatic heterocycles. The van der Waals surface area contributed by atoms with Crippen LogP contribution in [0.4, 0.5) is 0 Å². The summed E-state index contributed by atoms with van der Waals surface area (Å²) in [6.45, 7) is 7.45. The number of nitrogens with zero attached hydrogens (tertiary/aromatic N) is 5. The van der Waals surface area contributed by atoms with Crippen molar-refractivity contribution in [2.24, 2.45) is 0 Å². The summed E-state index contributed by atoms with van der Waals surface area (Å²) in [5, 5.41) is 12.5. The van der Waals surface area contributed by atoms with E-state index in [-0.39, 0.29) is 11.2 Å². The highest BCUT2D eigenvalue weighted by molar-refractivity contribution is 8.00. The fraction of sp³-hybridized carbons (Fsp3) is 0.333. The standard InChI is InChI=1S/C21H23N5OS/c1-14-8-9-19(15(2)12-14)26-21(22-23-24-26)28-16(3)20(27)25-11-10-17-6-4-5-7-18(17)13-25/h4-9,12,16H,10-11,13H2,1-3H3/t16-/m0/s1. The van der Waals surface area contributed by atoms with Crippen molar-refractivity contribution in [3.8, 4) is 5.69 Å². The molecule has 144 valence electrons. The first-order valence-electron chi connectivity index (χ1n) is 9.41. The molecular weight excluding hydrogens is 370 g/mol. The van der Waals surface area contributed by atoms with E-state index < -0.39 is 0 Å². The number of thioether (sulfide) groups is 1. The van der Waals surface area contributed by atoms with Gasteiger partial charge < -0.3 is 4.90 Å². The second kappa shape index (κ2) is 7.75. The lowest BCUT2D eigenvalue weighted by Crippen LogP contribution is -2.40. The average molecular weight is 394 g/mol. The van der Waals surface area contributed by atoms with Crippen LogP contribution in [0.2, 0.25) is 0 Å². The molecule has 3 aromatic rings. The van der Waals surface area contributed by atoms with E-state index >= 15 is 0 Å². The van der Waals surface area contributed by atoms with Crippen molar-refractivity contribution < 1.29 is 4.79 Å². The van der Waals surface area contributed by atoms with Gasteiger partial charge in [0.15, 0.2) is 0 Å². The number of hydrogen-bond acceptors (Lipinski definition) is 5. The molecule has 0 spiro atoms. The lowest BCUT2D eigenvalue weighted by Gasteiger charge is -2.30. The van der Waals surface area contributed by atoms with Crippen LogP contribution in [0.5, 0.6) is 0 Å². The number of fused-ring (bicyclic) bond motifs is 1. The maximum atomic E-state index is 13.0. The lowest BCUT2D eigenvalue weighted by atomic mass is 10.00. The number of aryl methyl sites for hydroxylation is 2. The predicted molar refractivity (Wildman–Crippen MR) is 110 cm³/mol. The van der Waals surface area contributed by atoms with E-state index in [1.165, 1.54) is 28.5 Å². The first kappa shape index (κ1) is 18.7. The molecule has 1 aromatic heterocycles. The molecule has 0 aliphatic carbocycles. The Morgan fingerprint density at radius 3 is 2.71 bits per heavy atom. The Bertz CT molecular complexity index is 1020. The molecular formula is C21H23N5OS. The van der Waals surface area contributed by atoms with Gasteiger partial charge in [0.1, 0.15) is 0 Å². The molecule has 2 heterocycles. The SMILES string of the molecule is Cc1ccc(-n2nnnc2S[C@@H](C)C(=O)N2CCc3ccccc3C2)c(C)c1. The van der Waals surface area contributed by atoms with Crippen LogP contribution in [0.15, 0.2) is 47.6 Å². The van der Waals surface area contributed by atoms with Crippen molar-refractivity contribution >= 4 is 17.7 Å². The van der Waals surface area contributed by atoms with E-state index in [4.69, 9.17) is 0 Å². The number of rotatable bonds is 4.